The number of benzene rings is 1. The van der Waals surface area contributed by atoms with E-state index in [2.05, 4.69) is 17.6 Å². The Kier molecular flexibility index (Phi) is 5.38. The molecule has 2 unspecified atom stereocenters. The molecule has 0 aliphatic carbocycles. The molecule has 5 heteroatoms. The highest BCUT2D eigenvalue weighted by atomic mass is 16.5. The van der Waals surface area contributed by atoms with Crippen LogP contribution in [0, 0.1) is 5.92 Å². The molecule has 1 heterocycles. The number of rotatable bonds is 6. The number of ether oxygens (including phenoxy) is 2. The molecule has 1 amide bonds. The predicted octanol–water partition coefficient (Wildman–Crippen LogP) is 1.65. The van der Waals surface area contributed by atoms with Gasteiger partial charge in [-0.1, -0.05) is 19.1 Å². The first-order chi connectivity index (χ1) is 9.76. The molecular weight excluding hydrogens is 256 g/mol. The summed E-state index contributed by atoms with van der Waals surface area (Å²) in [5.41, 5.74) is 0.715. The van der Waals surface area contributed by atoms with E-state index < -0.39 is 0 Å². The Balaban J connectivity index is 2.03. The molecule has 1 saturated heterocycles. The molecule has 0 bridgehead atoms. The minimum absolute atomic E-state index is 0.0330. The smallest absolute Gasteiger partial charge is 0.231 e. The molecule has 1 aromatic rings. The zero-order valence-electron chi connectivity index (χ0n) is 12.0. The van der Waals surface area contributed by atoms with Gasteiger partial charge in [0.2, 0.25) is 5.91 Å². The molecular formula is C15H22N2O3. The standard InChI is InChI=1S/C15H22N2O3/c1-3-8-20-14-7-5-4-6-12(14)17-15(18)11-9-19-10-13(11)16-2/h4-7,11,13,16H,3,8-10H2,1-2H3,(H,17,18). The number of hydrogen-bond acceptors (Lipinski definition) is 4. The van der Waals surface area contributed by atoms with E-state index in [0.717, 1.165) is 6.42 Å². The predicted molar refractivity (Wildman–Crippen MR) is 78.0 cm³/mol. The number of carbonyl (C=O) groups excluding carboxylic acids is 1. The Morgan fingerprint density at radius 3 is 2.95 bits per heavy atom. The lowest BCUT2D eigenvalue weighted by molar-refractivity contribution is -0.120. The first-order valence-corrected chi connectivity index (χ1v) is 7.04. The average Bonchev–Trinajstić information content (AvgIpc) is 2.95. The van der Waals surface area contributed by atoms with Crippen molar-refractivity contribution in [2.75, 3.05) is 32.2 Å². The molecule has 1 aliphatic heterocycles. The van der Waals surface area contributed by atoms with E-state index in [9.17, 15) is 4.79 Å². The van der Waals surface area contributed by atoms with Gasteiger partial charge in [-0.25, -0.2) is 0 Å². The normalized spacial score (nSPS) is 21.7. The van der Waals surface area contributed by atoms with Crippen molar-refractivity contribution in [3.63, 3.8) is 0 Å². The van der Waals surface area contributed by atoms with Gasteiger partial charge in [-0.05, 0) is 25.6 Å². The van der Waals surface area contributed by atoms with Crippen molar-refractivity contribution in [1.29, 1.82) is 0 Å². The fraction of sp³-hybridized carbons (Fsp3) is 0.533. The van der Waals surface area contributed by atoms with Crippen LogP contribution in [0.5, 0.6) is 5.75 Å². The van der Waals surface area contributed by atoms with Crippen molar-refractivity contribution in [1.82, 2.24) is 5.32 Å². The van der Waals surface area contributed by atoms with Gasteiger partial charge in [-0.2, -0.15) is 0 Å². The summed E-state index contributed by atoms with van der Waals surface area (Å²) >= 11 is 0. The lowest BCUT2D eigenvalue weighted by Gasteiger charge is -2.18. The highest BCUT2D eigenvalue weighted by Crippen LogP contribution is 2.25. The van der Waals surface area contributed by atoms with Crippen LogP contribution >= 0.6 is 0 Å². The fourth-order valence-corrected chi connectivity index (χ4v) is 2.23. The second-order valence-corrected chi connectivity index (χ2v) is 4.87. The van der Waals surface area contributed by atoms with Crippen LogP contribution in [0.25, 0.3) is 0 Å². The Morgan fingerprint density at radius 1 is 1.40 bits per heavy atom. The highest BCUT2D eigenvalue weighted by molar-refractivity contribution is 5.94. The summed E-state index contributed by atoms with van der Waals surface area (Å²) in [5, 5.41) is 6.05. The van der Waals surface area contributed by atoms with Gasteiger partial charge < -0.3 is 20.1 Å². The van der Waals surface area contributed by atoms with Crippen LogP contribution in [0.15, 0.2) is 24.3 Å². The largest absolute Gasteiger partial charge is 0.491 e. The van der Waals surface area contributed by atoms with Gasteiger partial charge in [0.25, 0.3) is 0 Å². The van der Waals surface area contributed by atoms with Gasteiger partial charge in [0.05, 0.1) is 31.4 Å². The quantitative estimate of drug-likeness (QED) is 0.830. The second-order valence-electron chi connectivity index (χ2n) is 4.87. The van der Waals surface area contributed by atoms with Crippen LogP contribution < -0.4 is 15.4 Å². The number of para-hydroxylation sites is 2. The molecule has 1 fully saturated rings. The maximum absolute atomic E-state index is 12.3. The maximum Gasteiger partial charge on any atom is 0.231 e. The van der Waals surface area contributed by atoms with Crippen LogP contribution in [0.3, 0.4) is 0 Å². The van der Waals surface area contributed by atoms with Crippen LogP contribution in [0.1, 0.15) is 13.3 Å². The van der Waals surface area contributed by atoms with Gasteiger partial charge in [-0.15, -0.1) is 0 Å². The van der Waals surface area contributed by atoms with E-state index in [0.29, 0.717) is 31.3 Å². The monoisotopic (exact) mass is 278 g/mol. The molecule has 0 spiro atoms. The lowest BCUT2D eigenvalue weighted by atomic mass is 10.0. The summed E-state index contributed by atoms with van der Waals surface area (Å²) < 4.78 is 11.0. The summed E-state index contributed by atoms with van der Waals surface area (Å²) in [6, 6.07) is 7.57. The summed E-state index contributed by atoms with van der Waals surface area (Å²) in [6.07, 6.45) is 0.931. The Morgan fingerprint density at radius 2 is 2.20 bits per heavy atom. The van der Waals surface area contributed by atoms with Crippen molar-refractivity contribution >= 4 is 11.6 Å². The van der Waals surface area contributed by atoms with E-state index in [1.54, 1.807) is 0 Å². The minimum Gasteiger partial charge on any atom is -0.491 e. The zero-order chi connectivity index (χ0) is 14.4. The molecule has 5 nitrogen and oxygen atoms in total. The highest BCUT2D eigenvalue weighted by Gasteiger charge is 2.33. The van der Waals surface area contributed by atoms with Crippen LogP contribution in [-0.4, -0.2) is 38.8 Å². The lowest BCUT2D eigenvalue weighted by Crippen LogP contribution is -2.39. The van der Waals surface area contributed by atoms with Crippen LogP contribution in [-0.2, 0) is 9.53 Å². The number of likely N-dealkylation sites (N-methyl/N-ethyl adjacent to an activating group) is 1. The Labute approximate surface area is 119 Å². The average molecular weight is 278 g/mol. The van der Waals surface area contributed by atoms with Crippen molar-refractivity contribution < 1.29 is 14.3 Å². The van der Waals surface area contributed by atoms with E-state index in [4.69, 9.17) is 9.47 Å². The molecule has 110 valence electrons. The molecule has 0 aromatic heterocycles. The summed E-state index contributed by atoms with van der Waals surface area (Å²) in [7, 11) is 1.85. The molecule has 2 N–H and O–H groups in total. The van der Waals surface area contributed by atoms with Crippen LogP contribution in [0.2, 0.25) is 0 Å². The Hall–Kier alpha value is -1.59. The van der Waals surface area contributed by atoms with E-state index in [-0.39, 0.29) is 17.9 Å². The van der Waals surface area contributed by atoms with Crippen LogP contribution in [0.4, 0.5) is 5.69 Å². The van der Waals surface area contributed by atoms with Gasteiger partial charge in [-0.3, -0.25) is 4.79 Å². The summed E-state index contributed by atoms with van der Waals surface area (Å²) in [5.74, 6) is 0.510. The number of hydrogen-bond donors (Lipinski definition) is 2. The molecule has 20 heavy (non-hydrogen) atoms. The van der Waals surface area contributed by atoms with Gasteiger partial charge >= 0.3 is 0 Å². The van der Waals surface area contributed by atoms with Gasteiger partial charge in [0.15, 0.2) is 0 Å². The third-order valence-corrected chi connectivity index (χ3v) is 3.39. The van der Waals surface area contributed by atoms with Crippen molar-refractivity contribution in [2.24, 2.45) is 5.92 Å². The van der Waals surface area contributed by atoms with Crippen molar-refractivity contribution in [3.8, 4) is 5.75 Å². The second kappa shape index (κ2) is 7.26. The molecule has 0 radical (unpaired) electrons. The van der Waals surface area contributed by atoms with Crippen molar-refractivity contribution in [3.05, 3.63) is 24.3 Å². The first-order valence-electron chi connectivity index (χ1n) is 7.04. The fourth-order valence-electron chi connectivity index (χ4n) is 2.23. The first kappa shape index (κ1) is 14.8. The van der Waals surface area contributed by atoms with Crippen molar-refractivity contribution in [2.45, 2.75) is 19.4 Å². The third kappa shape index (κ3) is 3.49. The van der Waals surface area contributed by atoms with E-state index in [1.165, 1.54) is 0 Å². The molecule has 1 aliphatic rings. The number of carbonyl (C=O) groups is 1. The molecule has 2 rings (SSSR count). The topological polar surface area (TPSA) is 59.6 Å². The zero-order valence-corrected chi connectivity index (χ0v) is 12.0. The van der Waals surface area contributed by atoms with E-state index >= 15 is 0 Å². The molecule has 0 saturated carbocycles. The third-order valence-electron chi connectivity index (χ3n) is 3.39. The summed E-state index contributed by atoms with van der Waals surface area (Å²) in [4.78, 5) is 12.3. The Bertz CT molecular complexity index is 450. The number of anilines is 1. The van der Waals surface area contributed by atoms with Gasteiger partial charge in [0, 0.05) is 6.04 Å². The maximum atomic E-state index is 12.3. The SMILES string of the molecule is CCCOc1ccccc1NC(=O)C1COCC1NC. The summed E-state index contributed by atoms with van der Waals surface area (Å²) in [6.45, 7) is 3.71. The van der Waals surface area contributed by atoms with Gasteiger partial charge in [0.1, 0.15) is 5.75 Å². The molecule has 1 aromatic carbocycles. The number of nitrogens with one attached hydrogen (secondary N) is 2. The number of amides is 1. The van der Waals surface area contributed by atoms with E-state index in [1.807, 2.05) is 31.3 Å². The minimum atomic E-state index is -0.167. The molecule has 2 atom stereocenters.